The molecular weight excluding hydrogens is 412 g/mol. The molecule has 0 atom stereocenters. The quantitative estimate of drug-likeness (QED) is 0.328. The molecule has 2 N–H and O–H groups in total. The van der Waals surface area contributed by atoms with Gasteiger partial charge in [0.2, 0.25) is 5.95 Å². The maximum absolute atomic E-state index is 5.26. The number of anilines is 3. The normalized spacial score (nSPS) is 11.3. The second kappa shape index (κ2) is 8.78. The highest BCUT2D eigenvalue weighted by Gasteiger charge is 2.15. The number of imidazole rings is 1. The predicted octanol–water partition coefficient (Wildman–Crippen LogP) is 5.92. The Hall–Kier alpha value is -4.13. The first-order valence-electron chi connectivity index (χ1n) is 11.0. The Morgan fingerprint density at radius 3 is 2.52 bits per heavy atom. The molecule has 166 valence electrons. The standard InChI is InChI=1S/C26H26N6O/c1-17(2)32-16-28-23-24(27-15-18-11-13-20(33-3)14-12-18)30-26(31-25(23)32)29-22-10-6-8-19-7-4-5-9-21(19)22/h4-14,16-17H,15H2,1-3H3,(H2,27,29,30,31). The molecular formula is C26H26N6O. The topological polar surface area (TPSA) is 76.9 Å². The number of hydrogen-bond donors (Lipinski definition) is 2. The number of aromatic nitrogens is 4. The summed E-state index contributed by atoms with van der Waals surface area (Å²) in [5.41, 5.74) is 3.62. The van der Waals surface area contributed by atoms with Crippen LogP contribution < -0.4 is 15.4 Å². The van der Waals surface area contributed by atoms with Crippen molar-refractivity contribution >= 4 is 39.4 Å². The third-order valence-electron chi connectivity index (χ3n) is 5.63. The Morgan fingerprint density at radius 1 is 0.939 bits per heavy atom. The van der Waals surface area contributed by atoms with Crippen molar-refractivity contribution in [1.82, 2.24) is 19.5 Å². The van der Waals surface area contributed by atoms with Gasteiger partial charge in [0, 0.05) is 23.7 Å². The van der Waals surface area contributed by atoms with Crippen LogP contribution in [0.15, 0.2) is 73.1 Å². The molecule has 0 fully saturated rings. The predicted molar refractivity (Wildman–Crippen MR) is 133 cm³/mol. The van der Waals surface area contributed by atoms with Gasteiger partial charge in [-0.25, -0.2) is 4.98 Å². The molecule has 0 saturated heterocycles. The van der Waals surface area contributed by atoms with Crippen LogP contribution in [0, 0.1) is 0 Å². The number of nitrogens with zero attached hydrogens (tertiary/aromatic N) is 4. The molecule has 0 aliphatic heterocycles. The van der Waals surface area contributed by atoms with Crippen molar-refractivity contribution in [3.05, 3.63) is 78.6 Å². The van der Waals surface area contributed by atoms with Crippen LogP contribution in [-0.4, -0.2) is 26.6 Å². The fourth-order valence-electron chi connectivity index (χ4n) is 3.86. The van der Waals surface area contributed by atoms with E-state index < -0.39 is 0 Å². The van der Waals surface area contributed by atoms with E-state index in [2.05, 4.69) is 52.2 Å². The highest BCUT2D eigenvalue weighted by molar-refractivity contribution is 5.95. The molecule has 0 spiro atoms. The summed E-state index contributed by atoms with van der Waals surface area (Å²) in [6, 6.07) is 22.6. The Balaban J connectivity index is 1.52. The summed E-state index contributed by atoms with van der Waals surface area (Å²) in [5, 5.41) is 9.16. The highest BCUT2D eigenvalue weighted by atomic mass is 16.5. The molecule has 0 amide bonds. The van der Waals surface area contributed by atoms with Crippen molar-refractivity contribution in [2.75, 3.05) is 17.7 Å². The number of rotatable bonds is 7. The zero-order valence-corrected chi connectivity index (χ0v) is 18.9. The fourth-order valence-corrected chi connectivity index (χ4v) is 3.86. The largest absolute Gasteiger partial charge is 0.497 e. The highest BCUT2D eigenvalue weighted by Crippen LogP contribution is 2.28. The molecule has 0 radical (unpaired) electrons. The SMILES string of the molecule is COc1ccc(CNc2nc(Nc3cccc4ccccc34)nc3c2ncn3C(C)C)cc1. The number of ether oxygens (including phenoxy) is 1. The summed E-state index contributed by atoms with van der Waals surface area (Å²) < 4.78 is 7.31. The molecule has 33 heavy (non-hydrogen) atoms. The van der Waals surface area contributed by atoms with E-state index >= 15 is 0 Å². The lowest BCUT2D eigenvalue weighted by molar-refractivity contribution is 0.414. The van der Waals surface area contributed by atoms with E-state index in [1.54, 1.807) is 7.11 Å². The second-order valence-corrected chi connectivity index (χ2v) is 8.17. The Morgan fingerprint density at radius 2 is 1.73 bits per heavy atom. The van der Waals surface area contributed by atoms with Crippen molar-refractivity contribution in [2.24, 2.45) is 0 Å². The second-order valence-electron chi connectivity index (χ2n) is 8.17. The summed E-state index contributed by atoms with van der Waals surface area (Å²) >= 11 is 0. The van der Waals surface area contributed by atoms with Gasteiger partial charge in [-0.3, -0.25) is 0 Å². The average Bonchev–Trinajstić information content (AvgIpc) is 3.28. The first-order chi connectivity index (χ1) is 16.1. The molecule has 7 nitrogen and oxygen atoms in total. The summed E-state index contributed by atoms with van der Waals surface area (Å²) in [5.74, 6) is 2.05. The summed E-state index contributed by atoms with van der Waals surface area (Å²) in [6.45, 7) is 4.84. The molecule has 7 heteroatoms. The number of methoxy groups -OCH3 is 1. The van der Waals surface area contributed by atoms with E-state index in [1.807, 2.05) is 54.9 Å². The molecule has 2 heterocycles. The van der Waals surface area contributed by atoms with E-state index in [4.69, 9.17) is 14.7 Å². The van der Waals surface area contributed by atoms with Crippen LogP contribution in [0.5, 0.6) is 5.75 Å². The van der Waals surface area contributed by atoms with Gasteiger partial charge in [-0.1, -0.05) is 48.5 Å². The zero-order chi connectivity index (χ0) is 22.8. The van der Waals surface area contributed by atoms with Gasteiger partial charge in [0.25, 0.3) is 0 Å². The van der Waals surface area contributed by atoms with Gasteiger partial charge in [0.15, 0.2) is 17.0 Å². The van der Waals surface area contributed by atoms with Gasteiger partial charge in [-0.15, -0.1) is 0 Å². The average molecular weight is 439 g/mol. The minimum absolute atomic E-state index is 0.227. The lowest BCUT2D eigenvalue weighted by atomic mass is 10.1. The third-order valence-corrected chi connectivity index (χ3v) is 5.63. The monoisotopic (exact) mass is 438 g/mol. The molecule has 3 aromatic carbocycles. The van der Waals surface area contributed by atoms with Crippen molar-refractivity contribution in [3.63, 3.8) is 0 Å². The number of nitrogens with one attached hydrogen (secondary N) is 2. The molecule has 2 aromatic heterocycles. The maximum atomic E-state index is 5.26. The van der Waals surface area contributed by atoms with E-state index in [0.717, 1.165) is 38.9 Å². The van der Waals surface area contributed by atoms with E-state index in [-0.39, 0.29) is 6.04 Å². The lowest BCUT2D eigenvalue weighted by Crippen LogP contribution is -2.08. The number of hydrogen-bond acceptors (Lipinski definition) is 6. The zero-order valence-electron chi connectivity index (χ0n) is 18.9. The van der Waals surface area contributed by atoms with Crippen LogP contribution in [0.1, 0.15) is 25.5 Å². The van der Waals surface area contributed by atoms with Gasteiger partial charge in [0.1, 0.15) is 5.75 Å². The number of fused-ring (bicyclic) bond motifs is 2. The minimum Gasteiger partial charge on any atom is -0.497 e. The van der Waals surface area contributed by atoms with Gasteiger partial charge in [-0.2, -0.15) is 9.97 Å². The van der Waals surface area contributed by atoms with Crippen LogP contribution in [0.3, 0.4) is 0 Å². The first kappa shape index (κ1) is 20.8. The van der Waals surface area contributed by atoms with Crippen LogP contribution in [0.4, 0.5) is 17.5 Å². The molecule has 5 rings (SSSR count). The van der Waals surface area contributed by atoms with E-state index in [0.29, 0.717) is 18.3 Å². The lowest BCUT2D eigenvalue weighted by Gasteiger charge is -2.13. The Labute approximate surface area is 192 Å². The minimum atomic E-state index is 0.227. The van der Waals surface area contributed by atoms with Crippen LogP contribution in [-0.2, 0) is 6.54 Å². The summed E-state index contributed by atoms with van der Waals surface area (Å²) in [6.07, 6.45) is 1.82. The summed E-state index contributed by atoms with van der Waals surface area (Å²) in [4.78, 5) is 14.2. The molecule has 0 aliphatic rings. The smallest absolute Gasteiger partial charge is 0.231 e. The molecule has 5 aromatic rings. The van der Waals surface area contributed by atoms with Crippen LogP contribution in [0.25, 0.3) is 21.9 Å². The Bertz CT molecular complexity index is 1400. The van der Waals surface area contributed by atoms with Gasteiger partial charge in [-0.05, 0) is 43.0 Å². The number of benzene rings is 3. The van der Waals surface area contributed by atoms with Crippen molar-refractivity contribution < 1.29 is 4.74 Å². The van der Waals surface area contributed by atoms with Crippen molar-refractivity contribution in [1.29, 1.82) is 0 Å². The van der Waals surface area contributed by atoms with Crippen molar-refractivity contribution in [3.8, 4) is 5.75 Å². The van der Waals surface area contributed by atoms with E-state index in [1.165, 1.54) is 0 Å². The van der Waals surface area contributed by atoms with E-state index in [9.17, 15) is 0 Å². The summed E-state index contributed by atoms with van der Waals surface area (Å²) in [7, 11) is 1.67. The van der Waals surface area contributed by atoms with Crippen molar-refractivity contribution in [2.45, 2.75) is 26.4 Å². The van der Waals surface area contributed by atoms with Gasteiger partial charge in [0.05, 0.1) is 13.4 Å². The van der Waals surface area contributed by atoms with Crippen LogP contribution in [0.2, 0.25) is 0 Å². The molecule has 0 saturated carbocycles. The third kappa shape index (κ3) is 4.17. The molecule has 0 bridgehead atoms. The Kier molecular flexibility index (Phi) is 5.52. The fraction of sp³-hybridized carbons (Fsp3) is 0.192. The maximum Gasteiger partial charge on any atom is 0.231 e. The van der Waals surface area contributed by atoms with Gasteiger partial charge >= 0.3 is 0 Å². The molecule has 0 aliphatic carbocycles. The van der Waals surface area contributed by atoms with Gasteiger partial charge < -0.3 is 19.9 Å². The van der Waals surface area contributed by atoms with Crippen LogP contribution >= 0.6 is 0 Å². The first-order valence-corrected chi connectivity index (χ1v) is 11.0. The molecule has 0 unspecified atom stereocenters.